The van der Waals surface area contributed by atoms with E-state index in [1.165, 1.54) is 6.07 Å². The second kappa shape index (κ2) is 10.9. The lowest BCUT2D eigenvalue weighted by molar-refractivity contribution is 0.306. The van der Waals surface area contributed by atoms with E-state index in [0.717, 1.165) is 24.9 Å². The molecule has 2 rings (SSSR count). The highest BCUT2D eigenvalue weighted by Crippen LogP contribution is 2.15. The lowest BCUT2D eigenvalue weighted by atomic mass is 10.1. The number of sulfonamides is 1. The van der Waals surface area contributed by atoms with Crippen molar-refractivity contribution >= 4 is 16.0 Å². The molecule has 164 valence electrons. The molecule has 0 radical (unpaired) electrons. The van der Waals surface area contributed by atoms with Crippen molar-refractivity contribution in [2.24, 2.45) is 4.99 Å². The minimum Gasteiger partial charge on any atom is -0.357 e. The van der Waals surface area contributed by atoms with Crippen molar-refractivity contribution in [1.29, 1.82) is 0 Å². The molecule has 0 aliphatic carbocycles. The van der Waals surface area contributed by atoms with Gasteiger partial charge in [-0.2, -0.15) is 0 Å². The molecule has 7 nitrogen and oxygen atoms in total. The molecule has 1 aromatic carbocycles. The quantitative estimate of drug-likeness (QED) is 0.488. The normalized spacial score (nSPS) is 17.0. The van der Waals surface area contributed by atoms with Crippen molar-refractivity contribution in [2.75, 3.05) is 39.5 Å². The fourth-order valence-electron chi connectivity index (χ4n) is 3.33. The second-order valence-electron chi connectivity index (χ2n) is 7.58. The molecular formula is C20H34FN5O2S. The average molecular weight is 428 g/mol. The van der Waals surface area contributed by atoms with Gasteiger partial charge in [-0.15, -0.1) is 0 Å². The Bertz CT molecular complexity index is 790. The summed E-state index contributed by atoms with van der Waals surface area (Å²) in [5, 5.41) is 6.65. The standard InChI is InChI=1S/C20H34FN5O2S/c1-5-22-20(24-18-9-11-26(12-10-18)29(27,28)6-2)23-14-16-7-8-19(21)17(13-16)15-25(3)4/h7-8,13,18H,5-6,9-12,14-15H2,1-4H3,(H2,22,23,24). The van der Waals surface area contributed by atoms with E-state index in [9.17, 15) is 12.8 Å². The van der Waals surface area contributed by atoms with Crippen LogP contribution < -0.4 is 10.6 Å². The van der Waals surface area contributed by atoms with Crippen LogP contribution >= 0.6 is 0 Å². The maximum Gasteiger partial charge on any atom is 0.213 e. The Balaban J connectivity index is 1.99. The predicted octanol–water partition coefficient (Wildman–Crippen LogP) is 1.76. The smallest absolute Gasteiger partial charge is 0.213 e. The van der Waals surface area contributed by atoms with Gasteiger partial charge < -0.3 is 15.5 Å². The minimum absolute atomic E-state index is 0.142. The summed E-state index contributed by atoms with van der Waals surface area (Å²) in [6.07, 6.45) is 1.49. The van der Waals surface area contributed by atoms with Crippen LogP contribution in [-0.4, -0.2) is 69.1 Å². The summed E-state index contributed by atoms with van der Waals surface area (Å²) in [6, 6.07) is 5.29. The summed E-state index contributed by atoms with van der Waals surface area (Å²) in [4.78, 5) is 6.57. The van der Waals surface area contributed by atoms with Crippen molar-refractivity contribution in [3.05, 3.63) is 35.1 Å². The fraction of sp³-hybridized carbons (Fsp3) is 0.650. The molecular weight excluding hydrogens is 393 g/mol. The van der Waals surface area contributed by atoms with Crippen molar-refractivity contribution in [3.63, 3.8) is 0 Å². The maximum absolute atomic E-state index is 14.0. The second-order valence-corrected chi connectivity index (χ2v) is 9.83. The van der Waals surface area contributed by atoms with E-state index in [2.05, 4.69) is 15.6 Å². The number of nitrogens with one attached hydrogen (secondary N) is 2. The lowest BCUT2D eigenvalue weighted by Gasteiger charge is -2.32. The van der Waals surface area contributed by atoms with Gasteiger partial charge >= 0.3 is 0 Å². The van der Waals surface area contributed by atoms with Crippen molar-refractivity contribution in [3.8, 4) is 0 Å². The highest BCUT2D eigenvalue weighted by atomic mass is 32.2. The summed E-state index contributed by atoms with van der Waals surface area (Å²) < 4.78 is 39.5. The van der Waals surface area contributed by atoms with Gasteiger partial charge in [-0.05, 0) is 58.5 Å². The van der Waals surface area contributed by atoms with Crippen LogP contribution in [0.15, 0.2) is 23.2 Å². The summed E-state index contributed by atoms with van der Waals surface area (Å²) in [5.41, 5.74) is 1.61. The van der Waals surface area contributed by atoms with Gasteiger partial charge in [0, 0.05) is 37.8 Å². The van der Waals surface area contributed by atoms with E-state index in [1.54, 1.807) is 17.3 Å². The van der Waals surface area contributed by atoms with Gasteiger partial charge in [-0.1, -0.05) is 6.07 Å². The van der Waals surface area contributed by atoms with Gasteiger partial charge in [0.1, 0.15) is 5.82 Å². The number of guanidine groups is 1. The van der Waals surface area contributed by atoms with E-state index in [4.69, 9.17) is 0 Å². The number of hydrogen-bond acceptors (Lipinski definition) is 4. The first-order chi connectivity index (χ1) is 13.7. The van der Waals surface area contributed by atoms with Crippen LogP contribution in [0.1, 0.15) is 37.8 Å². The molecule has 1 fully saturated rings. The van der Waals surface area contributed by atoms with Gasteiger partial charge in [0.2, 0.25) is 10.0 Å². The molecule has 1 aromatic rings. The molecule has 0 spiro atoms. The van der Waals surface area contributed by atoms with E-state index in [0.29, 0.717) is 37.7 Å². The molecule has 29 heavy (non-hydrogen) atoms. The first-order valence-corrected chi connectivity index (χ1v) is 11.8. The summed E-state index contributed by atoms with van der Waals surface area (Å²) in [6.45, 7) is 6.44. The zero-order valence-electron chi connectivity index (χ0n) is 17.9. The van der Waals surface area contributed by atoms with Crippen LogP contribution in [0.25, 0.3) is 0 Å². The van der Waals surface area contributed by atoms with E-state index in [-0.39, 0.29) is 17.6 Å². The molecule has 0 saturated carbocycles. The molecule has 0 aromatic heterocycles. The minimum atomic E-state index is -3.12. The van der Waals surface area contributed by atoms with Crippen LogP contribution in [0.4, 0.5) is 4.39 Å². The SMILES string of the molecule is CCNC(=NCc1ccc(F)c(CN(C)C)c1)NC1CCN(S(=O)(=O)CC)CC1. The first kappa shape index (κ1) is 23.6. The molecule has 1 aliphatic heterocycles. The monoisotopic (exact) mass is 427 g/mol. The highest BCUT2D eigenvalue weighted by Gasteiger charge is 2.27. The van der Waals surface area contributed by atoms with Gasteiger partial charge in [-0.3, -0.25) is 0 Å². The Morgan fingerprint density at radius 1 is 1.28 bits per heavy atom. The molecule has 1 saturated heterocycles. The maximum atomic E-state index is 14.0. The van der Waals surface area contributed by atoms with Gasteiger partial charge in [0.25, 0.3) is 0 Å². The lowest BCUT2D eigenvalue weighted by Crippen LogP contribution is -2.50. The third kappa shape index (κ3) is 7.24. The zero-order chi connectivity index (χ0) is 21.4. The number of piperidine rings is 1. The number of aliphatic imine (C=N–C) groups is 1. The third-order valence-corrected chi connectivity index (χ3v) is 6.80. The Labute approximate surface area is 174 Å². The first-order valence-electron chi connectivity index (χ1n) is 10.2. The van der Waals surface area contributed by atoms with Gasteiger partial charge in [-0.25, -0.2) is 22.1 Å². The number of nitrogens with zero attached hydrogens (tertiary/aromatic N) is 3. The van der Waals surface area contributed by atoms with Crippen LogP contribution in [0, 0.1) is 5.82 Å². The van der Waals surface area contributed by atoms with E-state index in [1.807, 2.05) is 32.0 Å². The largest absolute Gasteiger partial charge is 0.357 e. The van der Waals surface area contributed by atoms with Gasteiger partial charge in [0.15, 0.2) is 5.96 Å². The molecule has 2 N–H and O–H groups in total. The van der Waals surface area contributed by atoms with Crippen LogP contribution in [0.3, 0.4) is 0 Å². The zero-order valence-corrected chi connectivity index (χ0v) is 18.7. The van der Waals surface area contributed by atoms with Crippen LogP contribution in [0.2, 0.25) is 0 Å². The Morgan fingerprint density at radius 3 is 2.55 bits per heavy atom. The number of halogens is 1. The van der Waals surface area contributed by atoms with Crippen molar-refractivity contribution in [2.45, 2.75) is 45.8 Å². The Morgan fingerprint density at radius 2 is 1.97 bits per heavy atom. The Hall–Kier alpha value is -1.71. The number of hydrogen-bond donors (Lipinski definition) is 2. The topological polar surface area (TPSA) is 77.0 Å². The fourth-order valence-corrected chi connectivity index (χ4v) is 4.47. The summed E-state index contributed by atoms with van der Waals surface area (Å²) >= 11 is 0. The van der Waals surface area contributed by atoms with Crippen molar-refractivity contribution in [1.82, 2.24) is 19.8 Å². The van der Waals surface area contributed by atoms with Crippen LogP contribution in [0.5, 0.6) is 0 Å². The van der Waals surface area contributed by atoms with E-state index < -0.39 is 10.0 Å². The number of benzene rings is 1. The molecule has 0 amide bonds. The summed E-state index contributed by atoms with van der Waals surface area (Å²) in [7, 11) is 0.702. The molecule has 0 bridgehead atoms. The third-order valence-electron chi connectivity index (χ3n) is 4.91. The molecule has 0 unspecified atom stereocenters. The molecule has 1 aliphatic rings. The van der Waals surface area contributed by atoms with Crippen LogP contribution in [-0.2, 0) is 23.1 Å². The predicted molar refractivity (Wildman–Crippen MR) is 116 cm³/mol. The van der Waals surface area contributed by atoms with Gasteiger partial charge in [0.05, 0.1) is 12.3 Å². The molecule has 1 heterocycles. The highest BCUT2D eigenvalue weighted by molar-refractivity contribution is 7.89. The summed E-state index contributed by atoms with van der Waals surface area (Å²) in [5.74, 6) is 0.635. The molecule has 9 heteroatoms. The van der Waals surface area contributed by atoms with Crippen molar-refractivity contribution < 1.29 is 12.8 Å². The van der Waals surface area contributed by atoms with E-state index >= 15 is 0 Å². The average Bonchev–Trinajstić information content (AvgIpc) is 2.68. The molecule has 0 atom stereocenters. The number of rotatable bonds is 8. The Kier molecular flexibility index (Phi) is 8.85.